The molecule has 0 aliphatic rings. The Bertz CT molecular complexity index is 341. The van der Waals surface area contributed by atoms with Crippen molar-refractivity contribution < 1.29 is 4.79 Å². The summed E-state index contributed by atoms with van der Waals surface area (Å²) < 4.78 is 0. The fraction of sp³-hybridized carbons (Fsp3) is 0.538. The quantitative estimate of drug-likeness (QED) is 0.851. The number of nitrogens with zero attached hydrogens (tertiary/aromatic N) is 1. The molecule has 0 fully saturated rings. The second-order valence-corrected chi connectivity index (χ2v) is 4.97. The number of hydrogen-bond donors (Lipinski definition) is 1. The zero-order valence-corrected chi connectivity index (χ0v) is 10.4. The Hall–Kier alpha value is -1.38. The highest BCUT2D eigenvalue weighted by atomic mass is 16.2. The van der Waals surface area contributed by atoms with Gasteiger partial charge in [-0.25, -0.2) is 0 Å². The fourth-order valence-electron chi connectivity index (χ4n) is 1.38. The highest BCUT2D eigenvalue weighted by Gasteiger charge is 2.23. The fourth-order valence-corrected chi connectivity index (χ4v) is 1.38. The summed E-state index contributed by atoms with van der Waals surface area (Å²) >= 11 is 0. The number of pyridine rings is 1. The standard InChI is InChI=1S/C13H20N2O/c1-5-11(10-7-6-8-14-9-10)15-12(16)13(2,3)4/h6-9,11H,5H2,1-4H3,(H,15,16)/t11-/m1/s1. The maximum absolute atomic E-state index is 11.9. The molecule has 1 aromatic heterocycles. The molecule has 1 rings (SSSR count). The van der Waals surface area contributed by atoms with Gasteiger partial charge in [-0.15, -0.1) is 0 Å². The molecule has 0 aliphatic heterocycles. The van der Waals surface area contributed by atoms with Gasteiger partial charge in [0.05, 0.1) is 6.04 Å². The van der Waals surface area contributed by atoms with E-state index in [2.05, 4.69) is 17.2 Å². The van der Waals surface area contributed by atoms with Crippen molar-refractivity contribution in [3.8, 4) is 0 Å². The summed E-state index contributed by atoms with van der Waals surface area (Å²) in [5.41, 5.74) is 0.706. The Kier molecular flexibility index (Phi) is 4.05. The number of hydrogen-bond acceptors (Lipinski definition) is 2. The molecule has 0 aliphatic carbocycles. The predicted molar refractivity (Wildman–Crippen MR) is 64.9 cm³/mol. The van der Waals surface area contributed by atoms with Crippen molar-refractivity contribution in [1.82, 2.24) is 10.3 Å². The predicted octanol–water partition coefficient (Wildman–Crippen LogP) is 2.70. The van der Waals surface area contributed by atoms with Crippen molar-refractivity contribution in [2.45, 2.75) is 40.2 Å². The molecule has 1 heterocycles. The molecule has 0 aromatic carbocycles. The molecule has 16 heavy (non-hydrogen) atoms. The molecular weight excluding hydrogens is 200 g/mol. The molecule has 0 bridgehead atoms. The maximum Gasteiger partial charge on any atom is 0.225 e. The van der Waals surface area contributed by atoms with Crippen LogP contribution >= 0.6 is 0 Å². The van der Waals surface area contributed by atoms with Crippen LogP contribution in [0.15, 0.2) is 24.5 Å². The lowest BCUT2D eigenvalue weighted by Gasteiger charge is -2.23. The Morgan fingerprint density at radius 1 is 1.50 bits per heavy atom. The highest BCUT2D eigenvalue weighted by Crippen LogP contribution is 2.19. The van der Waals surface area contributed by atoms with Crippen molar-refractivity contribution >= 4 is 5.91 Å². The van der Waals surface area contributed by atoms with Crippen LogP contribution in [-0.2, 0) is 4.79 Å². The summed E-state index contributed by atoms with van der Waals surface area (Å²) in [6.45, 7) is 7.80. The van der Waals surface area contributed by atoms with Crippen molar-refractivity contribution in [2.75, 3.05) is 0 Å². The van der Waals surface area contributed by atoms with Crippen LogP contribution in [0, 0.1) is 5.41 Å². The van der Waals surface area contributed by atoms with E-state index < -0.39 is 0 Å². The smallest absolute Gasteiger partial charge is 0.225 e. The molecule has 0 spiro atoms. The molecule has 3 heteroatoms. The van der Waals surface area contributed by atoms with Crippen molar-refractivity contribution in [3.05, 3.63) is 30.1 Å². The Balaban J connectivity index is 2.75. The van der Waals surface area contributed by atoms with E-state index in [1.165, 1.54) is 0 Å². The van der Waals surface area contributed by atoms with Crippen LogP contribution in [0.3, 0.4) is 0 Å². The molecule has 88 valence electrons. The minimum absolute atomic E-state index is 0.0559. The molecule has 0 saturated carbocycles. The summed E-state index contributed by atoms with van der Waals surface area (Å²) in [5.74, 6) is 0.0724. The topological polar surface area (TPSA) is 42.0 Å². The minimum Gasteiger partial charge on any atom is -0.349 e. The summed E-state index contributed by atoms with van der Waals surface area (Å²) in [6, 6.07) is 3.94. The first kappa shape index (κ1) is 12.7. The van der Waals surface area contributed by atoms with Crippen LogP contribution in [-0.4, -0.2) is 10.9 Å². The molecular formula is C13H20N2O. The lowest BCUT2D eigenvalue weighted by molar-refractivity contribution is -0.129. The molecule has 0 unspecified atom stereocenters. The van der Waals surface area contributed by atoms with E-state index in [0.717, 1.165) is 12.0 Å². The van der Waals surface area contributed by atoms with Crippen molar-refractivity contribution in [3.63, 3.8) is 0 Å². The van der Waals surface area contributed by atoms with E-state index in [9.17, 15) is 4.79 Å². The first-order chi connectivity index (χ1) is 7.45. The number of rotatable bonds is 3. The number of aromatic nitrogens is 1. The Labute approximate surface area is 97.3 Å². The lowest BCUT2D eigenvalue weighted by atomic mass is 9.94. The third-order valence-electron chi connectivity index (χ3n) is 2.48. The highest BCUT2D eigenvalue weighted by molar-refractivity contribution is 5.81. The summed E-state index contributed by atoms with van der Waals surface area (Å²) in [5, 5.41) is 3.04. The van der Waals surface area contributed by atoms with Crippen LogP contribution in [0.5, 0.6) is 0 Å². The van der Waals surface area contributed by atoms with Crippen molar-refractivity contribution in [2.24, 2.45) is 5.41 Å². The van der Waals surface area contributed by atoms with Crippen LogP contribution in [0.4, 0.5) is 0 Å². The summed E-state index contributed by atoms with van der Waals surface area (Å²) in [6.07, 6.45) is 4.41. The van der Waals surface area contributed by atoms with E-state index in [4.69, 9.17) is 0 Å². The van der Waals surface area contributed by atoms with Crippen LogP contribution in [0.2, 0.25) is 0 Å². The second-order valence-electron chi connectivity index (χ2n) is 4.97. The molecule has 0 radical (unpaired) electrons. The Morgan fingerprint density at radius 2 is 2.19 bits per heavy atom. The number of carbonyl (C=O) groups excluding carboxylic acids is 1. The van der Waals surface area contributed by atoms with Gasteiger partial charge in [-0.1, -0.05) is 33.8 Å². The van der Waals surface area contributed by atoms with Gasteiger partial charge in [-0.2, -0.15) is 0 Å². The molecule has 1 amide bonds. The zero-order chi connectivity index (χ0) is 12.2. The van der Waals surface area contributed by atoms with Gasteiger partial charge in [0, 0.05) is 17.8 Å². The monoisotopic (exact) mass is 220 g/mol. The first-order valence-electron chi connectivity index (χ1n) is 5.66. The zero-order valence-electron chi connectivity index (χ0n) is 10.4. The first-order valence-corrected chi connectivity index (χ1v) is 5.66. The van der Waals surface area contributed by atoms with Gasteiger partial charge in [0.25, 0.3) is 0 Å². The van der Waals surface area contributed by atoms with E-state index in [1.54, 1.807) is 12.4 Å². The van der Waals surface area contributed by atoms with Gasteiger partial charge in [0.2, 0.25) is 5.91 Å². The van der Waals surface area contributed by atoms with Crippen LogP contribution in [0.1, 0.15) is 45.7 Å². The van der Waals surface area contributed by atoms with Crippen LogP contribution < -0.4 is 5.32 Å². The number of carbonyl (C=O) groups is 1. The third kappa shape index (κ3) is 3.33. The largest absolute Gasteiger partial charge is 0.349 e. The molecule has 1 aromatic rings. The van der Waals surface area contributed by atoms with Gasteiger partial charge >= 0.3 is 0 Å². The summed E-state index contributed by atoms with van der Waals surface area (Å²) in [7, 11) is 0. The molecule has 0 saturated heterocycles. The van der Waals surface area contributed by atoms with E-state index >= 15 is 0 Å². The second kappa shape index (κ2) is 5.10. The number of nitrogens with one attached hydrogen (secondary N) is 1. The summed E-state index contributed by atoms with van der Waals surface area (Å²) in [4.78, 5) is 15.9. The van der Waals surface area contributed by atoms with Gasteiger partial charge in [-0.3, -0.25) is 9.78 Å². The lowest BCUT2D eigenvalue weighted by Crippen LogP contribution is -2.37. The van der Waals surface area contributed by atoms with E-state index in [0.29, 0.717) is 0 Å². The third-order valence-corrected chi connectivity index (χ3v) is 2.48. The normalized spacial score (nSPS) is 13.2. The van der Waals surface area contributed by atoms with Crippen molar-refractivity contribution in [1.29, 1.82) is 0 Å². The molecule has 1 N–H and O–H groups in total. The number of amides is 1. The molecule has 3 nitrogen and oxygen atoms in total. The average Bonchev–Trinajstić information content (AvgIpc) is 2.25. The van der Waals surface area contributed by atoms with Gasteiger partial charge in [-0.05, 0) is 18.1 Å². The van der Waals surface area contributed by atoms with Crippen LogP contribution in [0.25, 0.3) is 0 Å². The Morgan fingerprint density at radius 3 is 2.62 bits per heavy atom. The maximum atomic E-state index is 11.9. The van der Waals surface area contributed by atoms with E-state index in [1.807, 2.05) is 32.9 Å². The van der Waals surface area contributed by atoms with Gasteiger partial charge in [0.15, 0.2) is 0 Å². The average molecular weight is 220 g/mol. The van der Waals surface area contributed by atoms with Gasteiger partial charge < -0.3 is 5.32 Å². The molecule has 1 atom stereocenters. The van der Waals surface area contributed by atoms with Gasteiger partial charge in [0.1, 0.15) is 0 Å². The van der Waals surface area contributed by atoms with E-state index in [-0.39, 0.29) is 17.4 Å². The SMILES string of the molecule is CC[C@@H](NC(=O)C(C)(C)C)c1cccnc1. The minimum atomic E-state index is -0.352.